The maximum atomic E-state index is 2.26. The molecule has 0 N–H and O–H groups in total. The first kappa shape index (κ1) is 34.3. The number of hydrogen-bond acceptors (Lipinski definition) is 0. The second-order valence-electron chi connectivity index (χ2n) is 12.5. The Balaban J connectivity index is 0.000000163. The van der Waals surface area contributed by atoms with Crippen LogP contribution in [0.15, 0.2) is 97.1 Å². The molecule has 6 aromatic carbocycles. The van der Waals surface area contributed by atoms with Crippen LogP contribution < -0.4 is 0 Å². The lowest BCUT2D eigenvalue weighted by atomic mass is 9.97. The number of aryl methyl sites for hydroxylation is 12. The zero-order chi connectivity index (χ0) is 32.6. The van der Waals surface area contributed by atoms with Gasteiger partial charge in [-0.3, -0.25) is 0 Å². The van der Waals surface area contributed by atoms with Crippen LogP contribution in [0.25, 0.3) is 21.5 Å². The quantitative estimate of drug-likeness (QED) is 0.168. The van der Waals surface area contributed by atoms with Gasteiger partial charge in [0.2, 0.25) is 0 Å². The molecule has 0 fully saturated rings. The monoisotopic (exact) mass is 580 g/mol. The van der Waals surface area contributed by atoms with Gasteiger partial charge in [-0.25, -0.2) is 0 Å². The summed E-state index contributed by atoms with van der Waals surface area (Å²) in [7, 11) is 0. The Kier molecular flexibility index (Phi) is 12.1. The first-order valence-electron chi connectivity index (χ1n) is 15.8. The minimum atomic E-state index is 1.35. The normalized spacial score (nSPS) is 10.3. The summed E-state index contributed by atoms with van der Waals surface area (Å²) in [5, 5.41) is 5.54. The number of benzene rings is 6. The lowest BCUT2D eigenvalue weighted by Gasteiger charge is -2.08. The lowest BCUT2D eigenvalue weighted by molar-refractivity contribution is 1.30. The summed E-state index contributed by atoms with van der Waals surface area (Å²) in [5.74, 6) is 0. The third-order valence-corrected chi connectivity index (χ3v) is 8.89. The number of rotatable bonds is 0. The van der Waals surface area contributed by atoms with Gasteiger partial charge in [-0.15, -0.1) is 0 Å². The molecular formula is C44H52. The highest BCUT2D eigenvalue weighted by molar-refractivity contribution is 5.90. The Labute approximate surface area is 267 Å². The zero-order valence-electron chi connectivity index (χ0n) is 29.2. The van der Waals surface area contributed by atoms with E-state index in [9.17, 15) is 0 Å². The van der Waals surface area contributed by atoms with Crippen LogP contribution in [0.1, 0.15) is 66.8 Å². The molecule has 0 aliphatic carbocycles. The van der Waals surface area contributed by atoms with Crippen molar-refractivity contribution < 1.29 is 0 Å². The standard InChI is InChI=1S/2C13H14.2C9H12/c2*1-9-8-10(2)12-6-4-5-7-13(12)11(9)3;2*1-7-4-5-8(2)9(3)6-7/h2*4-8H,1-3H3;2*4-6H,1-3H3. The molecule has 6 aromatic rings. The van der Waals surface area contributed by atoms with Crippen molar-refractivity contribution in [1.82, 2.24) is 0 Å². The molecule has 0 heterocycles. The van der Waals surface area contributed by atoms with Crippen LogP contribution in [0.2, 0.25) is 0 Å². The summed E-state index contributed by atoms with van der Waals surface area (Å²) in [6.45, 7) is 25.9. The van der Waals surface area contributed by atoms with Gasteiger partial charge in [-0.1, -0.05) is 108 Å². The summed E-state index contributed by atoms with van der Waals surface area (Å²) >= 11 is 0. The van der Waals surface area contributed by atoms with Gasteiger partial charge in [0.05, 0.1) is 0 Å². The Hall–Kier alpha value is -4.16. The maximum absolute atomic E-state index is 2.26. The molecule has 0 nitrogen and oxygen atoms in total. The highest BCUT2D eigenvalue weighted by Gasteiger charge is 2.03. The van der Waals surface area contributed by atoms with Crippen LogP contribution in [0.4, 0.5) is 0 Å². The molecule has 0 radical (unpaired) electrons. The molecule has 0 spiro atoms. The van der Waals surface area contributed by atoms with E-state index in [4.69, 9.17) is 0 Å². The van der Waals surface area contributed by atoms with Gasteiger partial charge in [0.1, 0.15) is 0 Å². The molecule has 0 aliphatic heterocycles. The largest absolute Gasteiger partial charge is 0.0616 e. The predicted octanol–water partition coefficient (Wildman–Crippen LogP) is 12.8. The minimum Gasteiger partial charge on any atom is -0.0616 e. The average molecular weight is 581 g/mol. The maximum Gasteiger partial charge on any atom is -0.0149 e. The fraction of sp³-hybridized carbons (Fsp3) is 0.273. The number of fused-ring (bicyclic) bond motifs is 2. The molecule has 228 valence electrons. The van der Waals surface area contributed by atoms with Crippen molar-refractivity contribution in [2.45, 2.75) is 83.1 Å². The third-order valence-electron chi connectivity index (χ3n) is 8.89. The minimum absolute atomic E-state index is 1.35. The molecule has 0 aromatic heterocycles. The van der Waals surface area contributed by atoms with Gasteiger partial charge in [-0.2, -0.15) is 0 Å². The van der Waals surface area contributed by atoms with Gasteiger partial charge in [0.15, 0.2) is 0 Å². The molecule has 0 aliphatic rings. The molecule has 0 heteroatoms. The molecular weight excluding hydrogens is 528 g/mol. The van der Waals surface area contributed by atoms with Crippen LogP contribution in [0.5, 0.6) is 0 Å². The first-order valence-corrected chi connectivity index (χ1v) is 15.8. The Morgan fingerprint density at radius 3 is 0.864 bits per heavy atom. The molecule has 0 unspecified atom stereocenters. The van der Waals surface area contributed by atoms with Gasteiger partial charge < -0.3 is 0 Å². The second kappa shape index (κ2) is 15.5. The molecule has 44 heavy (non-hydrogen) atoms. The topological polar surface area (TPSA) is 0 Å². The predicted molar refractivity (Wildman–Crippen MR) is 198 cm³/mol. The van der Waals surface area contributed by atoms with E-state index >= 15 is 0 Å². The van der Waals surface area contributed by atoms with E-state index in [0.29, 0.717) is 0 Å². The summed E-state index contributed by atoms with van der Waals surface area (Å²) in [5.41, 5.74) is 16.5. The summed E-state index contributed by atoms with van der Waals surface area (Å²) in [4.78, 5) is 0. The lowest BCUT2D eigenvalue weighted by Crippen LogP contribution is -1.86. The van der Waals surface area contributed by atoms with E-state index in [1.165, 1.54) is 88.3 Å². The summed E-state index contributed by atoms with van der Waals surface area (Å²) in [6.07, 6.45) is 0. The molecule has 0 saturated heterocycles. The van der Waals surface area contributed by atoms with Crippen molar-refractivity contribution in [2.24, 2.45) is 0 Å². The smallest absolute Gasteiger partial charge is 0.0149 e. The van der Waals surface area contributed by atoms with Gasteiger partial charge in [0.25, 0.3) is 0 Å². The van der Waals surface area contributed by atoms with Crippen LogP contribution in [-0.4, -0.2) is 0 Å². The van der Waals surface area contributed by atoms with Crippen molar-refractivity contribution in [3.8, 4) is 0 Å². The highest BCUT2D eigenvalue weighted by atomic mass is 14.1. The van der Waals surface area contributed by atoms with E-state index in [1.54, 1.807) is 0 Å². The van der Waals surface area contributed by atoms with E-state index in [0.717, 1.165) is 0 Å². The molecule has 0 atom stereocenters. The van der Waals surface area contributed by atoms with Crippen LogP contribution in [-0.2, 0) is 0 Å². The van der Waals surface area contributed by atoms with Crippen LogP contribution in [0.3, 0.4) is 0 Å². The molecule has 0 bridgehead atoms. The van der Waals surface area contributed by atoms with E-state index in [-0.39, 0.29) is 0 Å². The van der Waals surface area contributed by atoms with Gasteiger partial charge in [-0.05, 0) is 160 Å². The van der Waals surface area contributed by atoms with E-state index in [2.05, 4.69) is 180 Å². The van der Waals surface area contributed by atoms with Crippen molar-refractivity contribution in [1.29, 1.82) is 0 Å². The van der Waals surface area contributed by atoms with Gasteiger partial charge in [0, 0.05) is 0 Å². The molecule has 0 saturated carbocycles. The third kappa shape index (κ3) is 8.93. The van der Waals surface area contributed by atoms with Crippen molar-refractivity contribution >= 4 is 21.5 Å². The van der Waals surface area contributed by atoms with Crippen LogP contribution in [0, 0.1) is 83.1 Å². The Bertz CT molecular complexity index is 1730. The second-order valence-corrected chi connectivity index (χ2v) is 12.5. The van der Waals surface area contributed by atoms with E-state index in [1.807, 2.05) is 0 Å². The fourth-order valence-electron chi connectivity index (χ4n) is 5.54. The first-order chi connectivity index (χ1) is 20.8. The fourth-order valence-corrected chi connectivity index (χ4v) is 5.54. The van der Waals surface area contributed by atoms with Gasteiger partial charge >= 0.3 is 0 Å². The van der Waals surface area contributed by atoms with Crippen LogP contribution >= 0.6 is 0 Å². The molecule has 6 rings (SSSR count). The average Bonchev–Trinajstić information content (AvgIpc) is 3.00. The Morgan fingerprint density at radius 2 is 0.568 bits per heavy atom. The van der Waals surface area contributed by atoms with Crippen molar-refractivity contribution in [3.05, 3.63) is 164 Å². The van der Waals surface area contributed by atoms with Crippen molar-refractivity contribution in [3.63, 3.8) is 0 Å². The van der Waals surface area contributed by atoms with Crippen molar-refractivity contribution in [2.75, 3.05) is 0 Å². The summed E-state index contributed by atoms with van der Waals surface area (Å²) < 4.78 is 0. The molecule has 0 amide bonds. The SMILES string of the molecule is Cc1cc(C)c2ccccc2c1C.Cc1cc(C)c2ccccc2c1C.Cc1ccc(C)c(C)c1.Cc1ccc(C)c(C)c1. The number of hydrogen-bond donors (Lipinski definition) is 0. The zero-order valence-corrected chi connectivity index (χ0v) is 29.2. The summed E-state index contributed by atoms with van der Waals surface area (Å²) in [6, 6.07) is 34.7. The van der Waals surface area contributed by atoms with E-state index < -0.39 is 0 Å². The Morgan fingerprint density at radius 1 is 0.250 bits per heavy atom. The highest BCUT2D eigenvalue weighted by Crippen LogP contribution is 2.25.